The van der Waals surface area contributed by atoms with Crippen molar-refractivity contribution in [3.8, 4) is 0 Å². The van der Waals surface area contributed by atoms with Gasteiger partial charge in [-0.25, -0.2) is 15.0 Å². The number of piperidine rings is 1. The molecule has 3 aliphatic rings. The lowest BCUT2D eigenvalue weighted by atomic mass is 9.87. The molecule has 0 aliphatic carbocycles. The number of nitrogens with zero attached hydrogens (tertiary/aromatic N) is 5. The summed E-state index contributed by atoms with van der Waals surface area (Å²) in [5.41, 5.74) is 3.54. The number of hydrogen-bond donors (Lipinski definition) is 0. The summed E-state index contributed by atoms with van der Waals surface area (Å²) in [6.45, 7) is 9.42. The van der Waals surface area contributed by atoms with Crippen LogP contribution in [0.2, 0.25) is 0 Å². The number of thioether (sulfide) groups is 1. The number of anilines is 1. The normalized spacial score (nSPS) is 23.4. The molecular weight excluding hydrogens is 338 g/mol. The second kappa shape index (κ2) is 6.28. The third kappa shape index (κ3) is 2.82. The summed E-state index contributed by atoms with van der Waals surface area (Å²) < 4.78 is 0. The summed E-state index contributed by atoms with van der Waals surface area (Å²) >= 11 is 3.37. The third-order valence-corrected chi connectivity index (χ3v) is 6.55. The van der Waals surface area contributed by atoms with Crippen LogP contribution in [-0.4, -0.2) is 51.3 Å². The minimum Gasteiger partial charge on any atom is -0.353 e. The fourth-order valence-electron chi connectivity index (χ4n) is 3.77. The van der Waals surface area contributed by atoms with Gasteiger partial charge in [-0.2, -0.15) is 0 Å². The van der Waals surface area contributed by atoms with Crippen molar-refractivity contribution in [3.63, 3.8) is 0 Å². The molecule has 3 aliphatic heterocycles. The molecular formula is C17H23N5S2. The monoisotopic (exact) mass is 361 g/mol. The lowest BCUT2D eigenvalue weighted by Crippen LogP contribution is -2.68. The Balaban J connectivity index is 1.49. The van der Waals surface area contributed by atoms with Gasteiger partial charge in [0.05, 0.1) is 10.7 Å². The zero-order chi connectivity index (χ0) is 16.8. The quantitative estimate of drug-likeness (QED) is 0.616. The highest BCUT2D eigenvalue weighted by atomic mass is 32.2. The first-order valence-electron chi connectivity index (χ1n) is 8.36. The fourth-order valence-corrected chi connectivity index (χ4v) is 4.78. The molecule has 2 unspecified atom stereocenters. The molecule has 3 saturated heterocycles. The number of piperazine rings is 1. The van der Waals surface area contributed by atoms with Crippen molar-refractivity contribution in [2.24, 2.45) is 0 Å². The number of thiazole rings is 1. The van der Waals surface area contributed by atoms with Crippen LogP contribution in [0.4, 0.5) is 5.82 Å². The molecule has 5 rings (SSSR count). The summed E-state index contributed by atoms with van der Waals surface area (Å²) in [6.07, 6.45) is 3.34. The predicted molar refractivity (Wildman–Crippen MR) is 100 cm³/mol. The molecule has 0 radical (unpaired) electrons. The number of rotatable bonds is 4. The molecule has 0 spiro atoms. The van der Waals surface area contributed by atoms with Crippen molar-refractivity contribution in [1.82, 2.24) is 19.9 Å². The Hall–Kier alpha value is -1.18. The summed E-state index contributed by atoms with van der Waals surface area (Å²) in [5.74, 6) is 1.13. The Labute approximate surface area is 151 Å². The standard InChI is InChI=1S/C17H23N5S2/c1-10-11(2)18-17(23-4)20-16(10)21-7-14-5-15(8-21)22(14)6-13-9-24-12(3)19-13/h9,14-15H,5-8H2,1-4H3. The van der Waals surface area contributed by atoms with Crippen LogP contribution in [-0.2, 0) is 6.54 Å². The summed E-state index contributed by atoms with van der Waals surface area (Å²) in [7, 11) is 0. The third-order valence-electron chi connectivity index (χ3n) is 5.18. The van der Waals surface area contributed by atoms with Crippen molar-refractivity contribution >= 4 is 28.9 Å². The Morgan fingerprint density at radius 3 is 2.54 bits per heavy atom. The SMILES string of the molecule is CSc1nc(C)c(C)c(N2CC3CC(C2)N3Cc2csc(C)n2)n1. The molecule has 3 fully saturated rings. The van der Waals surface area contributed by atoms with Crippen molar-refractivity contribution in [1.29, 1.82) is 0 Å². The van der Waals surface area contributed by atoms with Crippen LogP contribution >= 0.6 is 23.1 Å². The van der Waals surface area contributed by atoms with E-state index in [1.54, 1.807) is 23.1 Å². The van der Waals surface area contributed by atoms with Gasteiger partial charge in [-0.3, -0.25) is 4.90 Å². The zero-order valence-corrected chi connectivity index (χ0v) is 16.2. The molecule has 5 heterocycles. The van der Waals surface area contributed by atoms with Gasteiger partial charge in [-0.15, -0.1) is 11.3 Å². The first kappa shape index (κ1) is 16.3. The van der Waals surface area contributed by atoms with Gasteiger partial charge >= 0.3 is 0 Å². The largest absolute Gasteiger partial charge is 0.353 e. The smallest absolute Gasteiger partial charge is 0.189 e. The molecule has 5 nitrogen and oxygen atoms in total. The average molecular weight is 362 g/mol. The fraction of sp³-hybridized carbons (Fsp3) is 0.588. The van der Waals surface area contributed by atoms with Gasteiger partial charge in [0.1, 0.15) is 5.82 Å². The topological polar surface area (TPSA) is 45.2 Å². The summed E-state index contributed by atoms with van der Waals surface area (Å²) in [4.78, 5) is 19.1. The second-order valence-electron chi connectivity index (χ2n) is 6.72. The van der Waals surface area contributed by atoms with Crippen molar-refractivity contribution in [2.75, 3.05) is 24.2 Å². The van der Waals surface area contributed by atoms with Gasteiger partial charge in [0.25, 0.3) is 0 Å². The van der Waals surface area contributed by atoms with Crippen LogP contribution in [0.15, 0.2) is 10.5 Å². The van der Waals surface area contributed by atoms with Crippen LogP contribution in [0.3, 0.4) is 0 Å². The lowest BCUT2D eigenvalue weighted by molar-refractivity contribution is -0.00965. The Bertz CT molecular complexity index is 747. The van der Waals surface area contributed by atoms with E-state index in [1.807, 2.05) is 6.26 Å². The van der Waals surface area contributed by atoms with Gasteiger partial charge in [0.2, 0.25) is 0 Å². The maximum Gasteiger partial charge on any atom is 0.189 e. The van der Waals surface area contributed by atoms with Crippen LogP contribution in [0, 0.1) is 20.8 Å². The highest BCUT2D eigenvalue weighted by Crippen LogP contribution is 2.36. The molecule has 0 amide bonds. The van der Waals surface area contributed by atoms with Crippen LogP contribution < -0.4 is 4.90 Å². The lowest BCUT2D eigenvalue weighted by Gasteiger charge is -2.56. The van der Waals surface area contributed by atoms with Crippen LogP contribution in [0.5, 0.6) is 0 Å². The summed E-state index contributed by atoms with van der Waals surface area (Å²) in [5, 5.41) is 4.24. The highest BCUT2D eigenvalue weighted by Gasteiger charge is 2.45. The molecule has 128 valence electrons. The first-order valence-corrected chi connectivity index (χ1v) is 10.5. The number of fused-ring (bicyclic) bond motifs is 2. The van der Waals surface area contributed by atoms with Crippen LogP contribution in [0.1, 0.15) is 28.4 Å². The molecule has 2 bridgehead atoms. The van der Waals surface area contributed by atoms with E-state index in [-0.39, 0.29) is 0 Å². The van der Waals surface area contributed by atoms with Gasteiger partial charge in [-0.05, 0) is 33.4 Å². The van der Waals surface area contributed by atoms with E-state index in [4.69, 9.17) is 4.98 Å². The van der Waals surface area contributed by atoms with Crippen molar-refractivity contribution in [2.45, 2.75) is 51.0 Å². The van der Waals surface area contributed by atoms with E-state index >= 15 is 0 Å². The number of aromatic nitrogens is 3. The van der Waals surface area contributed by atoms with E-state index in [2.05, 4.69) is 45.9 Å². The zero-order valence-electron chi connectivity index (χ0n) is 14.6. The van der Waals surface area contributed by atoms with E-state index in [0.717, 1.165) is 41.3 Å². The molecule has 2 aromatic heterocycles. The average Bonchev–Trinajstić information content (AvgIpc) is 3.00. The van der Waals surface area contributed by atoms with Gasteiger partial charge in [0.15, 0.2) is 5.16 Å². The van der Waals surface area contributed by atoms with E-state index in [1.165, 1.54) is 17.7 Å². The van der Waals surface area contributed by atoms with Crippen molar-refractivity contribution < 1.29 is 0 Å². The Kier molecular flexibility index (Phi) is 4.26. The van der Waals surface area contributed by atoms with Crippen molar-refractivity contribution in [3.05, 3.63) is 27.3 Å². The molecule has 2 atom stereocenters. The Morgan fingerprint density at radius 2 is 1.92 bits per heavy atom. The minimum absolute atomic E-state index is 0.623. The first-order chi connectivity index (χ1) is 11.5. The number of aryl methyl sites for hydroxylation is 2. The van der Waals surface area contributed by atoms with Crippen LogP contribution in [0.25, 0.3) is 0 Å². The number of hydrogen-bond acceptors (Lipinski definition) is 7. The maximum absolute atomic E-state index is 4.79. The molecule has 0 aromatic carbocycles. The van der Waals surface area contributed by atoms with Gasteiger partial charge in [-0.1, -0.05) is 11.8 Å². The predicted octanol–water partition coefficient (Wildman–Crippen LogP) is 3.04. The van der Waals surface area contributed by atoms with E-state index in [9.17, 15) is 0 Å². The van der Waals surface area contributed by atoms with Gasteiger partial charge < -0.3 is 4.90 Å². The molecule has 2 aromatic rings. The molecule has 24 heavy (non-hydrogen) atoms. The Morgan fingerprint density at radius 1 is 1.17 bits per heavy atom. The minimum atomic E-state index is 0.623. The molecule has 7 heteroatoms. The summed E-state index contributed by atoms with van der Waals surface area (Å²) in [6, 6.07) is 1.25. The second-order valence-corrected chi connectivity index (χ2v) is 8.56. The highest BCUT2D eigenvalue weighted by molar-refractivity contribution is 7.98. The molecule has 0 saturated carbocycles. The van der Waals surface area contributed by atoms with E-state index in [0.29, 0.717) is 12.1 Å². The maximum atomic E-state index is 4.79. The van der Waals surface area contributed by atoms with Gasteiger partial charge in [0, 0.05) is 48.4 Å². The molecule has 0 N–H and O–H groups in total. The van der Waals surface area contributed by atoms with E-state index < -0.39 is 0 Å².